The van der Waals surface area contributed by atoms with Crippen LogP contribution in [0.2, 0.25) is 0 Å². The first-order valence-electron chi connectivity index (χ1n) is 3.65. The van der Waals surface area contributed by atoms with E-state index in [0.717, 1.165) is 32.2 Å². The smallest absolute Gasteiger partial charge is 0.221 e. The number of carbonyl (C=O) groups is 1. The summed E-state index contributed by atoms with van der Waals surface area (Å²) >= 11 is 5.13. The molecule has 0 fully saturated rings. The standard InChI is InChI=1S/C7H14ClNO.ClH/c8-7(10)5-3-1-2-4-6-9;/h1-6,9H2;1H. The lowest BCUT2D eigenvalue weighted by Crippen LogP contribution is -1.97. The lowest BCUT2D eigenvalue weighted by molar-refractivity contribution is -0.111. The van der Waals surface area contributed by atoms with Gasteiger partial charge in [0.15, 0.2) is 0 Å². The number of halogens is 2. The normalized spacial score (nSPS) is 8.91. The van der Waals surface area contributed by atoms with Crippen LogP contribution in [-0.2, 0) is 4.79 Å². The van der Waals surface area contributed by atoms with Gasteiger partial charge in [-0.05, 0) is 31.0 Å². The maximum absolute atomic E-state index is 10.2. The summed E-state index contributed by atoms with van der Waals surface area (Å²) in [5, 5.41) is -0.229. The minimum Gasteiger partial charge on any atom is -0.330 e. The van der Waals surface area contributed by atoms with Gasteiger partial charge in [-0.15, -0.1) is 12.4 Å². The Hall–Kier alpha value is 0.210. The number of rotatable bonds is 6. The predicted molar refractivity (Wildman–Crippen MR) is 50.2 cm³/mol. The molecule has 0 unspecified atom stereocenters. The molecule has 0 aliphatic rings. The first kappa shape index (κ1) is 13.8. The van der Waals surface area contributed by atoms with Gasteiger partial charge >= 0.3 is 0 Å². The second kappa shape index (κ2) is 10.2. The number of unbranched alkanes of at least 4 members (excludes halogenated alkanes) is 3. The van der Waals surface area contributed by atoms with Crippen LogP contribution < -0.4 is 5.73 Å². The number of hydrogen-bond donors (Lipinski definition) is 1. The molecule has 2 N–H and O–H groups in total. The van der Waals surface area contributed by atoms with Gasteiger partial charge in [0, 0.05) is 6.42 Å². The van der Waals surface area contributed by atoms with Crippen molar-refractivity contribution in [2.75, 3.05) is 6.54 Å². The molecular weight excluding hydrogens is 185 g/mol. The summed E-state index contributed by atoms with van der Waals surface area (Å²) in [4.78, 5) is 10.2. The third-order valence-electron chi connectivity index (χ3n) is 1.33. The Kier molecular flexibility index (Phi) is 12.8. The van der Waals surface area contributed by atoms with Gasteiger partial charge < -0.3 is 5.73 Å². The van der Waals surface area contributed by atoms with E-state index < -0.39 is 0 Å². The molecule has 2 nitrogen and oxygen atoms in total. The van der Waals surface area contributed by atoms with Gasteiger partial charge in [-0.1, -0.05) is 12.8 Å². The molecule has 0 rings (SSSR count). The molecule has 0 atom stereocenters. The van der Waals surface area contributed by atoms with Gasteiger partial charge in [-0.2, -0.15) is 0 Å². The molecule has 0 aliphatic carbocycles. The van der Waals surface area contributed by atoms with Gasteiger partial charge in [0.05, 0.1) is 0 Å². The van der Waals surface area contributed by atoms with Crippen molar-refractivity contribution in [3.63, 3.8) is 0 Å². The van der Waals surface area contributed by atoms with Gasteiger partial charge in [-0.3, -0.25) is 4.79 Å². The average Bonchev–Trinajstić information content (AvgIpc) is 1.87. The predicted octanol–water partition coefficient (Wildman–Crippen LogP) is 2.08. The Morgan fingerprint density at radius 1 is 1.18 bits per heavy atom. The zero-order valence-electron chi connectivity index (χ0n) is 6.51. The monoisotopic (exact) mass is 199 g/mol. The van der Waals surface area contributed by atoms with Crippen LogP contribution in [0.25, 0.3) is 0 Å². The topological polar surface area (TPSA) is 43.1 Å². The number of hydrogen-bond acceptors (Lipinski definition) is 2. The van der Waals surface area contributed by atoms with Gasteiger partial charge in [0.25, 0.3) is 0 Å². The first-order valence-corrected chi connectivity index (χ1v) is 4.03. The van der Waals surface area contributed by atoms with Crippen molar-refractivity contribution in [1.82, 2.24) is 0 Å². The fourth-order valence-electron chi connectivity index (χ4n) is 0.762. The quantitative estimate of drug-likeness (QED) is 0.526. The van der Waals surface area contributed by atoms with Crippen LogP contribution in [0.5, 0.6) is 0 Å². The molecule has 0 radical (unpaired) electrons. The van der Waals surface area contributed by atoms with Crippen molar-refractivity contribution in [1.29, 1.82) is 0 Å². The Morgan fingerprint density at radius 3 is 2.18 bits per heavy atom. The summed E-state index contributed by atoms with van der Waals surface area (Å²) in [6.45, 7) is 0.745. The van der Waals surface area contributed by atoms with Crippen LogP contribution in [-0.4, -0.2) is 11.8 Å². The van der Waals surface area contributed by atoms with Crippen LogP contribution in [0.15, 0.2) is 0 Å². The number of carbonyl (C=O) groups excluding carboxylic acids is 1. The van der Waals surface area contributed by atoms with E-state index in [2.05, 4.69) is 0 Å². The highest BCUT2D eigenvalue weighted by molar-refractivity contribution is 6.63. The molecule has 0 spiro atoms. The third-order valence-corrected chi connectivity index (χ3v) is 1.52. The highest BCUT2D eigenvalue weighted by Crippen LogP contribution is 2.03. The van der Waals surface area contributed by atoms with Crippen molar-refractivity contribution < 1.29 is 4.79 Å². The maximum Gasteiger partial charge on any atom is 0.221 e. The van der Waals surface area contributed by atoms with E-state index in [0.29, 0.717) is 6.42 Å². The Morgan fingerprint density at radius 2 is 1.73 bits per heavy atom. The SMILES string of the molecule is Cl.NCCCCCCC(=O)Cl. The van der Waals surface area contributed by atoms with E-state index in [4.69, 9.17) is 17.3 Å². The molecule has 0 heterocycles. The van der Waals surface area contributed by atoms with Crippen molar-refractivity contribution in [2.24, 2.45) is 5.73 Å². The molecule has 68 valence electrons. The first-order chi connectivity index (χ1) is 4.77. The molecule has 0 bridgehead atoms. The molecule has 0 amide bonds. The maximum atomic E-state index is 10.2. The van der Waals surface area contributed by atoms with Crippen LogP contribution in [0.3, 0.4) is 0 Å². The fraction of sp³-hybridized carbons (Fsp3) is 0.857. The zero-order valence-corrected chi connectivity index (χ0v) is 8.09. The second-order valence-corrected chi connectivity index (χ2v) is 2.73. The minimum atomic E-state index is -0.229. The molecule has 0 aromatic carbocycles. The van der Waals surface area contributed by atoms with Crippen molar-refractivity contribution in [3.05, 3.63) is 0 Å². The molecule has 0 saturated carbocycles. The third kappa shape index (κ3) is 13.2. The molecule has 0 saturated heterocycles. The van der Waals surface area contributed by atoms with E-state index in [1.165, 1.54) is 0 Å². The molecule has 0 aromatic rings. The summed E-state index contributed by atoms with van der Waals surface area (Å²) in [5.41, 5.74) is 5.28. The highest BCUT2D eigenvalue weighted by atomic mass is 35.5. The van der Waals surface area contributed by atoms with Gasteiger partial charge in [0.2, 0.25) is 5.24 Å². The zero-order chi connectivity index (χ0) is 7.82. The molecule has 0 aromatic heterocycles. The summed E-state index contributed by atoms with van der Waals surface area (Å²) in [5.74, 6) is 0. The van der Waals surface area contributed by atoms with Crippen LogP contribution in [0, 0.1) is 0 Å². The van der Waals surface area contributed by atoms with E-state index in [-0.39, 0.29) is 17.6 Å². The fourth-order valence-corrected chi connectivity index (χ4v) is 0.896. The van der Waals surface area contributed by atoms with E-state index >= 15 is 0 Å². The molecule has 0 aliphatic heterocycles. The number of nitrogens with two attached hydrogens (primary N) is 1. The Labute approximate surface area is 78.9 Å². The largest absolute Gasteiger partial charge is 0.330 e. The van der Waals surface area contributed by atoms with E-state index in [1.54, 1.807) is 0 Å². The highest BCUT2D eigenvalue weighted by Gasteiger charge is 1.94. The van der Waals surface area contributed by atoms with Gasteiger partial charge in [-0.25, -0.2) is 0 Å². The van der Waals surface area contributed by atoms with Crippen molar-refractivity contribution >= 4 is 29.3 Å². The van der Waals surface area contributed by atoms with E-state index in [1.807, 2.05) is 0 Å². The van der Waals surface area contributed by atoms with Crippen molar-refractivity contribution in [2.45, 2.75) is 32.1 Å². The van der Waals surface area contributed by atoms with Crippen molar-refractivity contribution in [3.8, 4) is 0 Å². The summed E-state index contributed by atoms with van der Waals surface area (Å²) < 4.78 is 0. The van der Waals surface area contributed by atoms with Crippen LogP contribution in [0.4, 0.5) is 0 Å². The van der Waals surface area contributed by atoms with E-state index in [9.17, 15) is 4.79 Å². The Balaban J connectivity index is 0. The van der Waals surface area contributed by atoms with Gasteiger partial charge in [0.1, 0.15) is 0 Å². The lowest BCUT2D eigenvalue weighted by atomic mass is 10.1. The summed E-state index contributed by atoms with van der Waals surface area (Å²) in [7, 11) is 0. The minimum absolute atomic E-state index is 0. The van der Waals surface area contributed by atoms with Crippen LogP contribution >= 0.6 is 24.0 Å². The average molecular weight is 200 g/mol. The van der Waals surface area contributed by atoms with Crippen LogP contribution in [0.1, 0.15) is 32.1 Å². The molecule has 11 heavy (non-hydrogen) atoms. The lowest BCUT2D eigenvalue weighted by Gasteiger charge is -1.95. The molecule has 4 heteroatoms. The molecular formula is C7H15Cl2NO. The Bertz CT molecular complexity index is 98.4. The summed E-state index contributed by atoms with van der Waals surface area (Å²) in [6, 6.07) is 0. The second-order valence-electron chi connectivity index (χ2n) is 2.31. The summed E-state index contributed by atoms with van der Waals surface area (Å²) in [6.07, 6.45) is 4.64.